The highest BCUT2D eigenvalue weighted by Gasteiger charge is 2.33. The largest absolute Gasteiger partial charge is 0.433 e. The van der Waals surface area contributed by atoms with Crippen LogP contribution in [-0.2, 0) is 6.18 Å². The number of hydrogen-bond acceptors (Lipinski definition) is 4. The summed E-state index contributed by atoms with van der Waals surface area (Å²) in [5.41, 5.74) is -0.903. The van der Waals surface area contributed by atoms with Crippen LogP contribution < -0.4 is 5.32 Å². The molecule has 0 aliphatic heterocycles. The first kappa shape index (κ1) is 13.5. The van der Waals surface area contributed by atoms with E-state index in [2.05, 4.69) is 15.3 Å². The van der Waals surface area contributed by atoms with E-state index in [0.717, 1.165) is 31.5 Å². The summed E-state index contributed by atoms with van der Waals surface area (Å²) in [7, 11) is 0. The number of halogens is 3. The van der Waals surface area contributed by atoms with Gasteiger partial charge in [-0.05, 0) is 31.6 Å². The molecule has 1 aliphatic rings. The number of nitrogens with zero attached hydrogens (tertiary/aromatic N) is 2. The zero-order valence-electron chi connectivity index (χ0n) is 9.87. The monoisotopic (exact) mass is 277 g/mol. The van der Waals surface area contributed by atoms with Crippen molar-refractivity contribution in [1.82, 2.24) is 9.97 Å². The van der Waals surface area contributed by atoms with Gasteiger partial charge in [0.05, 0.1) is 0 Å². The molecule has 1 aliphatic carbocycles. The van der Waals surface area contributed by atoms with Gasteiger partial charge in [-0.25, -0.2) is 9.97 Å². The number of hydrogen-bond donors (Lipinski definition) is 1. The molecule has 100 valence electrons. The molecule has 0 saturated heterocycles. The number of rotatable bonds is 3. The van der Waals surface area contributed by atoms with Crippen LogP contribution in [0.15, 0.2) is 12.3 Å². The summed E-state index contributed by atoms with van der Waals surface area (Å²) in [6, 6.07) is 1.05. The fraction of sp³-hybridized carbons (Fsp3) is 0.636. The van der Waals surface area contributed by atoms with Crippen molar-refractivity contribution in [2.24, 2.45) is 0 Å². The van der Waals surface area contributed by atoms with E-state index >= 15 is 0 Å². The van der Waals surface area contributed by atoms with Gasteiger partial charge >= 0.3 is 6.18 Å². The highest BCUT2D eigenvalue weighted by atomic mass is 32.2. The maximum Gasteiger partial charge on any atom is 0.433 e. The Hall–Kier alpha value is -0.980. The Kier molecular flexibility index (Phi) is 3.99. The van der Waals surface area contributed by atoms with Crippen LogP contribution in [0.25, 0.3) is 0 Å². The zero-order valence-corrected chi connectivity index (χ0v) is 10.7. The van der Waals surface area contributed by atoms with Crippen molar-refractivity contribution < 1.29 is 13.2 Å². The maximum atomic E-state index is 12.5. The molecule has 1 N–H and O–H groups in total. The van der Waals surface area contributed by atoms with Gasteiger partial charge in [0.2, 0.25) is 5.95 Å². The van der Waals surface area contributed by atoms with Crippen molar-refractivity contribution in [3.8, 4) is 0 Å². The molecule has 1 heterocycles. The SMILES string of the molecule is CSC1CCC(Nc2nccc(C(F)(F)F)n2)C1. The van der Waals surface area contributed by atoms with E-state index < -0.39 is 11.9 Å². The molecule has 18 heavy (non-hydrogen) atoms. The van der Waals surface area contributed by atoms with Gasteiger partial charge < -0.3 is 5.32 Å². The molecule has 0 spiro atoms. The van der Waals surface area contributed by atoms with Gasteiger partial charge in [-0.2, -0.15) is 24.9 Å². The standard InChI is InChI=1S/C11H14F3N3S/c1-18-8-3-2-7(6-8)16-10-15-5-4-9(17-10)11(12,13)14/h4-5,7-8H,2-3,6H2,1H3,(H,15,16,17). The molecule has 0 aromatic carbocycles. The molecule has 1 saturated carbocycles. The van der Waals surface area contributed by atoms with Gasteiger partial charge in [0.15, 0.2) is 0 Å². The van der Waals surface area contributed by atoms with Gasteiger partial charge in [-0.15, -0.1) is 0 Å². The molecule has 7 heteroatoms. The summed E-state index contributed by atoms with van der Waals surface area (Å²) < 4.78 is 37.4. The minimum Gasteiger partial charge on any atom is -0.351 e. The minimum atomic E-state index is -4.42. The summed E-state index contributed by atoms with van der Waals surface area (Å²) in [4.78, 5) is 7.34. The lowest BCUT2D eigenvalue weighted by molar-refractivity contribution is -0.141. The summed E-state index contributed by atoms with van der Waals surface area (Å²) in [6.45, 7) is 0. The average Bonchev–Trinajstić information content (AvgIpc) is 2.76. The number of alkyl halides is 3. The second kappa shape index (κ2) is 5.34. The van der Waals surface area contributed by atoms with Crippen molar-refractivity contribution in [2.45, 2.75) is 36.7 Å². The molecule has 2 atom stereocenters. The van der Waals surface area contributed by atoms with Crippen LogP contribution in [0.4, 0.5) is 19.1 Å². The van der Waals surface area contributed by atoms with E-state index in [0.29, 0.717) is 5.25 Å². The number of anilines is 1. The summed E-state index contributed by atoms with van der Waals surface area (Å²) in [6.07, 6.45) is 1.74. The molecule has 1 aromatic heterocycles. The third kappa shape index (κ3) is 3.28. The van der Waals surface area contributed by atoms with Crippen LogP contribution in [0.2, 0.25) is 0 Å². The van der Waals surface area contributed by atoms with Gasteiger partial charge in [-0.3, -0.25) is 0 Å². The first-order valence-corrected chi connectivity index (χ1v) is 6.97. The number of nitrogens with one attached hydrogen (secondary N) is 1. The summed E-state index contributed by atoms with van der Waals surface area (Å²) in [5.74, 6) is 0.0663. The van der Waals surface area contributed by atoms with E-state index in [1.54, 1.807) is 11.8 Å². The quantitative estimate of drug-likeness (QED) is 0.920. The number of aromatic nitrogens is 2. The normalized spacial score (nSPS) is 24.2. The highest BCUT2D eigenvalue weighted by Crippen LogP contribution is 2.31. The third-order valence-corrected chi connectivity index (χ3v) is 4.09. The smallest absolute Gasteiger partial charge is 0.351 e. The molecular weight excluding hydrogens is 263 g/mol. The lowest BCUT2D eigenvalue weighted by Gasteiger charge is -2.13. The van der Waals surface area contributed by atoms with Crippen LogP contribution in [0.3, 0.4) is 0 Å². The molecule has 0 amide bonds. The van der Waals surface area contributed by atoms with Crippen LogP contribution >= 0.6 is 11.8 Å². The lowest BCUT2D eigenvalue weighted by Crippen LogP contribution is -2.19. The van der Waals surface area contributed by atoms with Crippen molar-refractivity contribution >= 4 is 17.7 Å². The van der Waals surface area contributed by atoms with Crippen LogP contribution in [0.1, 0.15) is 25.0 Å². The van der Waals surface area contributed by atoms with Gasteiger partial charge in [0.1, 0.15) is 5.69 Å². The summed E-state index contributed by atoms with van der Waals surface area (Å²) in [5, 5.41) is 3.56. The van der Waals surface area contributed by atoms with Gasteiger partial charge in [0, 0.05) is 17.5 Å². The predicted molar refractivity (Wildman–Crippen MR) is 65.6 cm³/mol. The third-order valence-electron chi connectivity index (χ3n) is 3.00. The van der Waals surface area contributed by atoms with E-state index in [1.807, 2.05) is 6.26 Å². The second-order valence-corrected chi connectivity index (χ2v) is 5.41. The summed E-state index contributed by atoms with van der Waals surface area (Å²) >= 11 is 1.79. The maximum absolute atomic E-state index is 12.5. The topological polar surface area (TPSA) is 37.8 Å². The Balaban J connectivity index is 2.02. The molecule has 1 fully saturated rings. The fourth-order valence-corrected chi connectivity index (χ4v) is 2.85. The Morgan fingerprint density at radius 3 is 2.78 bits per heavy atom. The average molecular weight is 277 g/mol. The van der Waals surface area contributed by atoms with Gasteiger partial charge in [-0.1, -0.05) is 0 Å². The highest BCUT2D eigenvalue weighted by molar-refractivity contribution is 7.99. The molecule has 0 radical (unpaired) electrons. The molecule has 0 bridgehead atoms. The van der Waals surface area contributed by atoms with Crippen LogP contribution in [0, 0.1) is 0 Å². The molecule has 3 nitrogen and oxygen atoms in total. The molecule has 1 aromatic rings. The lowest BCUT2D eigenvalue weighted by atomic mass is 10.2. The van der Waals surface area contributed by atoms with Crippen molar-refractivity contribution in [2.75, 3.05) is 11.6 Å². The Morgan fingerprint density at radius 1 is 1.39 bits per heavy atom. The Morgan fingerprint density at radius 2 is 2.17 bits per heavy atom. The first-order valence-electron chi connectivity index (χ1n) is 5.68. The Bertz CT molecular complexity index is 411. The molecule has 2 unspecified atom stereocenters. The number of thioether (sulfide) groups is 1. The van der Waals surface area contributed by atoms with Crippen molar-refractivity contribution in [3.05, 3.63) is 18.0 Å². The van der Waals surface area contributed by atoms with E-state index in [-0.39, 0.29) is 12.0 Å². The van der Waals surface area contributed by atoms with Crippen LogP contribution in [0.5, 0.6) is 0 Å². The minimum absolute atomic E-state index is 0.0663. The predicted octanol–water partition coefficient (Wildman–Crippen LogP) is 3.19. The van der Waals surface area contributed by atoms with Crippen LogP contribution in [-0.4, -0.2) is 27.5 Å². The Labute approximate surface area is 108 Å². The van der Waals surface area contributed by atoms with Gasteiger partial charge in [0.25, 0.3) is 0 Å². The van der Waals surface area contributed by atoms with E-state index in [1.165, 1.54) is 0 Å². The van der Waals surface area contributed by atoms with Crippen molar-refractivity contribution in [1.29, 1.82) is 0 Å². The fourth-order valence-electron chi connectivity index (χ4n) is 2.05. The zero-order chi connectivity index (χ0) is 13.2. The second-order valence-electron chi connectivity index (χ2n) is 4.28. The van der Waals surface area contributed by atoms with E-state index in [4.69, 9.17) is 0 Å². The van der Waals surface area contributed by atoms with E-state index in [9.17, 15) is 13.2 Å². The molecular formula is C11H14F3N3S. The first-order chi connectivity index (χ1) is 8.49. The molecule has 2 rings (SSSR count). The van der Waals surface area contributed by atoms with Crippen molar-refractivity contribution in [3.63, 3.8) is 0 Å².